The summed E-state index contributed by atoms with van der Waals surface area (Å²) in [7, 11) is -3.67. The number of hydrogen-bond donors (Lipinski definition) is 1. The van der Waals surface area contributed by atoms with Gasteiger partial charge in [-0.1, -0.05) is 39.1 Å². The van der Waals surface area contributed by atoms with Crippen LogP contribution in [0.2, 0.25) is 10.0 Å². The molecule has 1 atom stereocenters. The monoisotopic (exact) mass is 386 g/mol. The summed E-state index contributed by atoms with van der Waals surface area (Å²) in [6, 6.07) is 3.05. The molecule has 19 heavy (non-hydrogen) atoms. The lowest BCUT2D eigenvalue weighted by atomic mass is 10.1. The summed E-state index contributed by atoms with van der Waals surface area (Å²) in [4.78, 5) is -0.0308. The van der Waals surface area contributed by atoms with Crippen molar-refractivity contribution in [3.8, 4) is 0 Å². The molecule has 0 aromatic heterocycles. The zero-order valence-electron chi connectivity index (χ0n) is 9.94. The van der Waals surface area contributed by atoms with E-state index in [9.17, 15) is 8.42 Å². The lowest BCUT2D eigenvalue weighted by Gasteiger charge is -2.18. The van der Waals surface area contributed by atoms with Crippen molar-refractivity contribution in [3.05, 3.63) is 26.7 Å². The zero-order chi connectivity index (χ0) is 14.2. The number of halogens is 3. The molecule has 1 aliphatic rings. The fourth-order valence-electron chi connectivity index (χ4n) is 2.11. The van der Waals surface area contributed by atoms with Crippen LogP contribution in [0.1, 0.15) is 6.42 Å². The summed E-state index contributed by atoms with van der Waals surface area (Å²) in [6.07, 6.45) is 0.765. The van der Waals surface area contributed by atoms with E-state index in [2.05, 4.69) is 15.9 Å². The lowest BCUT2D eigenvalue weighted by molar-refractivity contribution is 0.459. The van der Waals surface area contributed by atoms with E-state index in [0.29, 0.717) is 24.1 Å². The van der Waals surface area contributed by atoms with Gasteiger partial charge in [0.25, 0.3) is 0 Å². The minimum absolute atomic E-state index is 0.0308. The number of nitrogens with zero attached hydrogens (tertiary/aromatic N) is 1. The Morgan fingerprint density at radius 2 is 1.95 bits per heavy atom. The molecule has 2 rings (SSSR count). The smallest absolute Gasteiger partial charge is 0.246 e. The zero-order valence-corrected chi connectivity index (χ0v) is 13.9. The Balaban J connectivity index is 2.41. The van der Waals surface area contributed by atoms with Gasteiger partial charge in [-0.05, 0) is 31.0 Å². The Morgan fingerprint density at radius 1 is 1.37 bits per heavy atom. The standard InChI is InChI=1S/C11H13BrCl2N2O2S/c12-8-3-9(13)11(10(14)4-8)19(17,18)16-2-1-7(5-15)6-16/h3-4,7H,1-2,5-6,15H2. The molecule has 1 aliphatic heterocycles. The number of rotatable bonds is 3. The molecule has 1 heterocycles. The van der Waals surface area contributed by atoms with E-state index < -0.39 is 10.0 Å². The first kappa shape index (κ1) is 15.5. The van der Waals surface area contributed by atoms with Gasteiger partial charge in [0.15, 0.2) is 0 Å². The van der Waals surface area contributed by atoms with E-state index >= 15 is 0 Å². The summed E-state index contributed by atoms with van der Waals surface area (Å²) < 4.78 is 27.1. The van der Waals surface area contributed by atoms with E-state index in [1.54, 1.807) is 0 Å². The Labute approximate surface area is 131 Å². The highest BCUT2D eigenvalue weighted by atomic mass is 79.9. The average Bonchev–Trinajstić information content (AvgIpc) is 2.75. The molecule has 0 bridgehead atoms. The predicted octanol–water partition coefficient (Wildman–Crippen LogP) is 2.73. The fraction of sp³-hybridized carbons (Fsp3) is 0.455. The SMILES string of the molecule is NCC1CCN(S(=O)(=O)c2c(Cl)cc(Br)cc2Cl)C1. The summed E-state index contributed by atoms with van der Waals surface area (Å²) in [6.45, 7) is 1.35. The predicted molar refractivity (Wildman–Crippen MR) is 80.1 cm³/mol. The van der Waals surface area contributed by atoms with Gasteiger partial charge >= 0.3 is 0 Å². The lowest BCUT2D eigenvalue weighted by Crippen LogP contribution is -2.30. The van der Waals surface area contributed by atoms with Crippen LogP contribution in [0.3, 0.4) is 0 Å². The molecule has 0 amide bonds. The molecule has 106 valence electrons. The maximum Gasteiger partial charge on any atom is 0.246 e. The highest BCUT2D eigenvalue weighted by molar-refractivity contribution is 9.10. The van der Waals surface area contributed by atoms with E-state index in [4.69, 9.17) is 28.9 Å². The molecule has 0 saturated carbocycles. The summed E-state index contributed by atoms with van der Waals surface area (Å²) in [5.41, 5.74) is 5.58. The van der Waals surface area contributed by atoms with Gasteiger partial charge in [0.1, 0.15) is 4.90 Å². The Hall–Kier alpha value is 0.150. The van der Waals surface area contributed by atoms with Crippen LogP contribution in [0.5, 0.6) is 0 Å². The molecular weight excluding hydrogens is 375 g/mol. The van der Waals surface area contributed by atoms with Crippen LogP contribution in [0.15, 0.2) is 21.5 Å². The van der Waals surface area contributed by atoms with Crippen molar-refractivity contribution in [1.82, 2.24) is 4.31 Å². The van der Waals surface area contributed by atoms with Crippen molar-refractivity contribution in [3.63, 3.8) is 0 Å². The van der Waals surface area contributed by atoms with Crippen LogP contribution in [-0.2, 0) is 10.0 Å². The third-order valence-electron chi connectivity index (χ3n) is 3.14. The van der Waals surface area contributed by atoms with Gasteiger partial charge in [-0.25, -0.2) is 8.42 Å². The first-order valence-corrected chi connectivity index (χ1v) is 8.70. The third-order valence-corrected chi connectivity index (χ3v) is 6.39. The molecule has 1 aromatic rings. The van der Waals surface area contributed by atoms with Crippen LogP contribution < -0.4 is 5.73 Å². The molecule has 0 aliphatic carbocycles. The molecular formula is C11H13BrCl2N2O2S. The minimum atomic E-state index is -3.67. The van der Waals surface area contributed by atoms with Gasteiger partial charge in [-0.3, -0.25) is 0 Å². The minimum Gasteiger partial charge on any atom is -0.330 e. The maximum atomic E-state index is 12.5. The molecule has 4 nitrogen and oxygen atoms in total. The van der Waals surface area contributed by atoms with Crippen molar-refractivity contribution >= 4 is 49.2 Å². The topological polar surface area (TPSA) is 63.4 Å². The van der Waals surface area contributed by atoms with Crippen LogP contribution in [-0.4, -0.2) is 32.4 Å². The Kier molecular flexibility index (Phi) is 4.80. The van der Waals surface area contributed by atoms with Gasteiger partial charge in [0, 0.05) is 17.6 Å². The number of sulfonamides is 1. The summed E-state index contributed by atoms with van der Waals surface area (Å²) >= 11 is 15.3. The second-order valence-electron chi connectivity index (χ2n) is 4.45. The molecule has 1 unspecified atom stereocenters. The number of benzene rings is 1. The van der Waals surface area contributed by atoms with Crippen LogP contribution in [0.25, 0.3) is 0 Å². The molecule has 1 saturated heterocycles. The van der Waals surface area contributed by atoms with Crippen molar-refractivity contribution in [2.45, 2.75) is 11.3 Å². The van der Waals surface area contributed by atoms with Gasteiger partial charge in [0.2, 0.25) is 10.0 Å². The van der Waals surface area contributed by atoms with Gasteiger partial charge < -0.3 is 5.73 Å². The fourth-order valence-corrected chi connectivity index (χ4v) is 5.53. The number of hydrogen-bond acceptors (Lipinski definition) is 3. The Bertz CT molecular complexity index is 571. The van der Waals surface area contributed by atoms with Gasteiger partial charge in [0.05, 0.1) is 10.0 Å². The second kappa shape index (κ2) is 5.87. The summed E-state index contributed by atoms with van der Waals surface area (Å²) in [5, 5.41) is 0.242. The van der Waals surface area contributed by atoms with Crippen molar-refractivity contribution in [2.75, 3.05) is 19.6 Å². The summed E-state index contributed by atoms with van der Waals surface area (Å²) in [5.74, 6) is 0.197. The molecule has 2 N–H and O–H groups in total. The highest BCUT2D eigenvalue weighted by Crippen LogP contribution is 2.36. The maximum absolute atomic E-state index is 12.5. The molecule has 8 heteroatoms. The van der Waals surface area contributed by atoms with Gasteiger partial charge in [-0.15, -0.1) is 0 Å². The van der Waals surface area contributed by atoms with Crippen LogP contribution in [0.4, 0.5) is 0 Å². The first-order chi connectivity index (χ1) is 8.86. The van der Waals surface area contributed by atoms with E-state index in [1.165, 1.54) is 16.4 Å². The highest BCUT2D eigenvalue weighted by Gasteiger charge is 2.34. The molecule has 1 aromatic carbocycles. The van der Waals surface area contributed by atoms with Crippen molar-refractivity contribution in [1.29, 1.82) is 0 Å². The van der Waals surface area contributed by atoms with Crippen molar-refractivity contribution in [2.24, 2.45) is 11.7 Å². The van der Waals surface area contributed by atoms with E-state index in [0.717, 1.165) is 6.42 Å². The molecule has 1 fully saturated rings. The van der Waals surface area contributed by atoms with E-state index in [1.807, 2.05) is 0 Å². The third kappa shape index (κ3) is 3.09. The second-order valence-corrected chi connectivity index (χ2v) is 8.06. The van der Waals surface area contributed by atoms with E-state index in [-0.39, 0.29) is 20.9 Å². The quantitative estimate of drug-likeness (QED) is 0.867. The number of nitrogens with two attached hydrogens (primary N) is 1. The first-order valence-electron chi connectivity index (χ1n) is 5.71. The van der Waals surface area contributed by atoms with Crippen LogP contribution >= 0.6 is 39.1 Å². The average molecular weight is 388 g/mol. The Morgan fingerprint density at radius 3 is 2.42 bits per heavy atom. The molecule has 0 radical (unpaired) electrons. The van der Waals surface area contributed by atoms with Crippen molar-refractivity contribution < 1.29 is 8.42 Å². The normalized spacial score (nSPS) is 20.9. The molecule has 0 spiro atoms. The van der Waals surface area contributed by atoms with Crippen LogP contribution in [0, 0.1) is 5.92 Å². The van der Waals surface area contributed by atoms with Gasteiger partial charge in [-0.2, -0.15) is 4.31 Å². The largest absolute Gasteiger partial charge is 0.330 e.